The van der Waals surface area contributed by atoms with Gasteiger partial charge in [-0.05, 0) is 20.0 Å². The molecule has 0 spiro atoms. The van der Waals surface area contributed by atoms with E-state index >= 15 is 0 Å². The van der Waals surface area contributed by atoms with E-state index in [4.69, 9.17) is 0 Å². The van der Waals surface area contributed by atoms with Crippen molar-refractivity contribution in [3.05, 3.63) is 18.1 Å². The summed E-state index contributed by atoms with van der Waals surface area (Å²) in [5.74, 6) is 1.02. The van der Waals surface area contributed by atoms with Crippen LogP contribution in [0.4, 0.5) is 5.82 Å². The molecule has 0 fully saturated rings. The Balaban J connectivity index is 2.79. The highest BCUT2D eigenvalue weighted by atomic mass is 16.2. The lowest BCUT2D eigenvalue weighted by molar-refractivity contribution is 0.0718. The molecule has 0 aliphatic heterocycles. The van der Waals surface area contributed by atoms with Crippen molar-refractivity contribution in [1.82, 2.24) is 19.8 Å². The van der Waals surface area contributed by atoms with Crippen LogP contribution in [0.3, 0.4) is 0 Å². The molecule has 0 aliphatic carbocycles. The van der Waals surface area contributed by atoms with Crippen LogP contribution in [-0.4, -0.2) is 66.5 Å². The Morgan fingerprint density at radius 2 is 1.95 bits per heavy atom. The summed E-state index contributed by atoms with van der Waals surface area (Å²) in [6.07, 6.45) is 3.10. The Bertz CT molecular complexity index is 416. The molecule has 0 unspecified atom stereocenters. The number of hydrogen-bond donors (Lipinski definition) is 1. The van der Waals surface area contributed by atoms with Crippen molar-refractivity contribution in [2.45, 2.75) is 13.8 Å². The van der Waals surface area contributed by atoms with Crippen LogP contribution in [0.5, 0.6) is 0 Å². The standard InChI is InChI=1S/C14H25N5O/c1-11(2)10-19(7-6-18(4)5)14(20)12-8-17-13(15-3)9-16-12/h8-9,11H,6-7,10H2,1-5H3,(H,15,17). The van der Waals surface area contributed by atoms with Gasteiger partial charge in [0.1, 0.15) is 11.5 Å². The van der Waals surface area contributed by atoms with Gasteiger partial charge in [0.2, 0.25) is 0 Å². The van der Waals surface area contributed by atoms with Crippen molar-refractivity contribution in [3.63, 3.8) is 0 Å². The average molecular weight is 279 g/mol. The Hall–Kier alpha value is -1.69. The van der Waals surface area contributed by atoms with Crippen LogP contribution in [0.15, 0.2) is 12.4 Å². The predicted octanol–water partition coefficient (Wildman–Crippen LogP) is 1.18. The van der Waals surface area contributed by atoms with Crippen LogP contribution < -0.4 is 5.32 Å². The number of anilines is 1. The molecule has 6 heteroatoms. The maximum absolute atomic E-state index is 12.5. The molecule has 1 aromatic rings. The fourth-order valence-electron chi connectivity index (χ4n) is 1.77. The van der Waals surface area contributed by atoms with E-state index in [0.29, 0.717) is 24.0 Å². The molecule has 0 atom stereocenters. The summed E-state index contributed by atoms with van der Waals surface area (Å²) in [5, 5.41) is 2.89. The molecule has 1 amide bonds. The number of likely N-dealkylation sites (N-methyl/N-ethyl adjacent to an activating group) is 1. The molecule has 1 heterocycles. The van der Waals surface area contributed by atoms with Crippen molar-refractivity contribution >= 4 is 11.7 Å². The van der Waals surface area contributed by atoms with Gasteiger partial charge in [0.05, 0.1) is 12.4 Å². The van der Waals surface area contributed by atoms with Crippen LogP contribution in [0.2, 0.25) is 0 Å². The van der Waals surface area contributed by atoms with Gasteiger partial charge in [-0.1, -0.05) is 13.8 Å². The first-order valence-corrected chi connectivity index (χ1v) is 6.87. The number of carbonyl (C=O) groups excluding carboxylic acids is 1. The zero-order chi connectivity index (χ0) is 15.1. The largest absolute Gasteiger partial charge is 0.372 e. The second kappa shape index (κ2) is 7.79. The summed E-state index contributed by atoms with van der Waals surface area (Å²) in [7, 11) is 5.77. The normalized spacial score (nSPS) is 10.9. The number of nitrogens with zero attached hydrogens (tertiary/aromatic N) is 4. The van der Waals surface area contributed by atoms with Gasteiger partial charge < -0.3 is 15.1 Å². The highest BCUT2D eigenvalue weighted by Gasteiger charge is 2.18. The summed E-state index contributed by atoms with van der Waals surface area (Å²) in [6.45, 7) is 6.46. The maximum atomic E-state index is 12.5. The molecular formula is C14H25N5O. The van der Waals surface area contributed by atoms with Crippen molar-refractivity contribution in [1.29, 1.82) is 0 Å². The van der Waals surface area contributed by atoms with Crippen molar-refractivity contribution in [3.8, 4) is 0 Å². The zero-order valence-corrected chi connectivity index (χ0v) is 13.1. The first-order valence-electron chi connectivity index (χ1n) is 6.87. The monoisotopic (exact) mass is 279 g/mol. The zero-order valence-electron chi connectivity index (χ0n) is 13.1. The number of aromatic nitrogens is 2. The van der Waals surface area contributed by atoms with E-state index in [1.807, 2.05) is 19.0 Å². The fraction of sp³-hybridized carbons (Fsp3) is 0.643. The van der Waals surface area contributed by atoms with Gasteiger partial charge in [-0.2, -0.15) is 0 Å². The van der Waals surface area contributed by atoms with E-state index in [1.54, 1.807) is 13.2 Å². The highest BCUT2D eigenvalue weighted by molar-refractivity contribution is 5.92. The van der Waals surface area contributed by atoms with E-state index in [9.17, 15) is 4.79 Å². The number of rotatable bonds is 7. The lowest BCUT2D eigenvalue weighted by Crippen LogP contribution is -2.39. The Morgan fingerprint density at radius 3 is 2.40 bits per heavy atom. The highest BCUT2D eigenvalue weighted by Crippen LogP contribution is 2.07. The molecule has 0 radical (unpaired) electrons. The van der Waals surface area contributed by atoms with Gasteiger partial charge in [-0.3, -0.25) is 4.79 Å². The lowest BCUT2D eigenvalue weighted by Gasteiger charge is -2.25. The van der Waals surface area contributed by atoms with Crippen LogP contribution in [0.25, 0.3) is 0 Å². The summed E-state index contributed by atoms with van der Waals surface area (Å²) in [5.41, 5.74) is 0.392. The van der Waals surface area contributed by atoms with Crippen molar-refractivity contribution in [2.24, 2.45) is 5.92 Å². The number of amides is 1. The summed E-state index contributed by atoms with van der Waals surface area (Å²) < 4.78 is 0. The van der Waals surface area contributed by atoms with E-state index in [1.165, 1.54) is 6.20 Å². The molecule has 0 aromatic carbocycles. The van der Waals surface area contributed by atoms with E-state index in [0.717, 1.165) is 13.1 Å². The minimum Gasteiger partial charge on any atom is -0.372 e. The molecule has 0 saturated heterocycles. The molecule has 0 aliphatic rings. The van der Waals surface area contributed by atoms with E-state index < -0.39 is 0 Å². The third-order valence-electron chi connectivity index (χ3n) is 2.82. The molecule has 0 saturated carbocycles. The lowest BCUT2D eigenvalue weighted by atomic mass is 10.2. The summed E-state index contributed by atoms with van der Waals surface area (Å²) >= 11 is 0. The van der Waals surface area contributed by atoms with Crippen LogP contribution in [-0.2, 0) is 0 Å². The maximum Gasteiger partial charge on any atom is 0.274 e. The van der Waals surface area contributed by atoms with Gasteiger partial charge in [0, 0.05) is 26.7 Å². The van der Waals surface area contributed by atoms with Crippen LogP contribution in [0, 0.1) is 5.92 Å². The van der Waals surface area contributed by atoms with Crippen molar-refractivity contribution in [2.75, 3.05) is 46.1 Å². The molecule has 1 rings (SSSR count). The summed E-state index contributed by atoms with van der Waals surface area (Å²) in [4.78, 5) is 24.7. The number of carbonyl (C=O) groups is 1. The molecule has 1 aromatic heterocycles. The van der Waals surface area contributed by atoms with Gasteiger partial charge in [0.15, 0.2) is 0 Å². The Labute approximate surface area is 121 Å². The number of hydrogen-bond acceptors (Lipinski definition) is 5. The SMILES string of the molecule is CNc1cnc(C(=O)N(CCN(C)C)CC(C)C)cn1. The van der Waals surface area contributed by atoms with Gasteiger partial charge in [0.25, 0.3) is 5.91 Å². The average Bonchev–Trinajstić information content (AvgIpc) is 2.42. The molecule has 112 valence electrons. The summed E-state index contributed by atoms with van der Waals surface area (Å²) in [6, 6.07) is 0. The Morgan fingerprint density at radius 1 is 1.25 bits per heavy atom. The minimum absolute atomic E-state index is 0.0595. The van der Waals surface area contributed by atoms with Gasteiger partial charge >= 0.3 is 0 Å². The molecule has 0 bridgehead atoms. The first kappa shape index (κ1) is 16.4. The quantitative estimate of drug-likeness (QED) is 0.812. The van der Waals surface area contributed by atoms with E-state index in [2.05, 4.69) is 34.0 Å². The smallest absolute Gasteiger partial charge is 0.274 e. The minimum atomic E-state index is -0.0595. The molecule has 6 nitrogen and oxygen atoms in total. The van der Waals surface area contributed by atoms with Crippen molar-refractivity contribution < 1.29 is 4.79 Å². The van der Waals surface area contributed by atoms with Crippen LogP contribution in [0.1, 0.15) is 24.3 Å². The van der Waals surface area contributed by atoms with Gasteiger partial charge in [-0.25, -0.2) is 9.97 Å². The first-order chi connectivity index (χ1) is 9.43. The second-order valence-corrected chi connectivity index (χ2v) is 5.49. The molecule has 20 heavy (non-hydrogen) atoms. The third-order valence-corrected chi connectivity index (χ3v) is 2.82. The number of nitrogens with one attached hydrogen (secondary N) is 1. The second-order valence-electron chi connectivity index (χ2n) is 5.49. The predicted molar refractivity (Wildman–Crippen MR) is 80.9 cm³/mol. The fourth-order valence-corrected chi connectivity index (χ4v) is 1.77. The Kier molecular flexibility index (Phi) is 6.38. The molecule has 1 N–H and O–H groups in total. The molecular weight excluding hydrogens is 254 g/mol. The van der Waals surface area contributed by atoms with E-state index in [-0.39, 0.29) is 5.91 Å². The van der Waals surface area contributed by atoms with Crippen LogP contribution >= 0.6 is 0 Å². The third kappa shape index (κ3) is 5.13. The topological polar surface area (TPSA) is 61.4 Å². The van der Waals surface area contributed by atoms with Gasteiger partial charge in [-0.15, -0.1) is 0 Å².